The van der Waals surface area contributed by atoms with E-state index in [2.05, 4.69) is 15.2 Å². The maximum absolute atomic E-state index is 12.6. The second kappa shape index (κ2) is 7.93. The van der Waals surface area contributed by atoms with Crippen LogP contribution in [0.4, 0.5) is 11.6 Å². The van der Waals surface area contributed by atoms with Gasteiger partial charge in [-0.1, -0.05) is 5.16 Å². The zero-order chi connectivity index (χ0) is 23.0. The van der Waals surface area contributed by atoms with Gasteiger partial charge in [0.2, 0.25) is 5.88 Å². The molecule has 0 bridgehead atoms. The fourth-order valence-corrected chi connectivity index (χ4v) is 4.08. The van der Waals surface area contributed by atoms with E-state index in [0.717, 1.165) is 0 Å². The topological polar surface area (TPSA) is 155 Å². The van der Waals surface area contributed by atoms with Gasteiger partial charge in [0.1, 0.15) is 5.58 Å². The van der Waals surface area contributed by atoms with Crippen molar-refractivity contribution in [3.63, 3.8) is 0 Å². The van der Waals surface area contributed by atoms with Gasteiger partial charge in [-0.15, -0.1) is 0 Å². The molecule has 32 heavy (non-hydrogen) atoms. The predicted octanol–water partition coefficient (Wildman–Crippen LogP) is 3.22. The molecular formula is C21H19N3O7S. The number of phenols is 2. The molecule has 0 unspecified atom stereocenters. The van der Waals surface area contributed by atoms with Crippen molar-refractivity contribution >= 4 is 32.6 Å². The molecule has 11 heteroatoms. The number of benzene rings is 2. The van der Waals surface area contributed by atoms with E-state index in [4.69, 9.17) is 8.94 Å². The van der Waals surface area contributed by atoms with E-state index in [0.29, 0.717) is 27.9 Å². The van der Waals surface area contributed by atoms with Gasteiger partial charge in [-0.05, 0) is 49.7 Å². The zero-order valence-electron chi connectivity index (χ0n) is 17.0. The van der Waals surface area contributed by atoms with Crippen LogP contribution in [0.3, 0.4) is 0 Å². The Morgan fingerprint density at radius 2 is 1.72 bits per heavy atom. The monoisotopic (exact) mass is 457 g/mol. The highest BCUT2D eigenvalue weighted by molar-refractivity contribution is 7.92. The maximum Gasteiger partial charge on any atom is 0.336 e. The molecular weight excluding hydrogens is 438 g/mol. The number of nitrogens with one attached hydrogen (secondary N) is 2. The Hall–Kier alpha value is -3.99. The average Bonchev–Trinajstić information content (AvgIpc) is 3.05. The number of hydrogen-bond acceptors (Lipinski definition) is 9. The van der Waals surface area contributed by atoms with Gasteiger partial charge in [-0.2, -0.15) is 0 Å². The first kappa shape index (κ1) is 21.2. The highest BCUT2D eigenvalue weighted by Crippen LogP contribution is 2.31. The van der Waals surface area contributed by atoms with Crippen LogP contribution in [-0.4, -0.2) is 23.8 Å². The van der Waals surface area contributed by atoms with Gasteiger partial charge >= 0.3 is 5.63 Å². The fourth-order valence-electron chi connectivity index (χ4n) is 3.04. The van der Waals surface area contributed by atoms with E-state index in [9.17, 15) is 23.4 Å². The smallest absolute Gasteiger partial charge is 0.336 e. The number of aromatic hydroxyl groups is 2. The summed E-state index contributed by atoms with van der Waals surface area (Å²) in [6.07, 6.45) is 0. The van der Waals surface area contributed by atoms with Gasteiger partial charge < -0.3 is 24.5 Å². The average molecular weight is 457 g/mol. The molecule has 4 aromatic rings. The molecule has 2 heterocycles. The van der Waals surface area contributed by atoms with Crippen LogP contribution in [0.15, 0.2) is 61.1 Å². The van der Waals surface area contributed by atoms with Crippen LogP contribution in [0.1, 0.15) is 16.8 Å². The van der Waals surface area contributed by atoms with Gasteiger partial charge in [-0.25, -0.2) is 17.9 Å². The molecule has 0 saturated carbocycles. The normalized spacial score (nSPS) is 11.6. The predicted molar refractivity (Wildman–Crippen MR) is 116 cm³/mol. The number of phenolic OH excluding ortho intramolecular Hbond substituents is 2. The van der Waals surface area contributed by atoms with Crippen molar-refractivity contribution in [2.24, 2.45) is 0 Å². The number of nitrogens with zero attached hydrogens (tertiary/aromatic N) is 1. The third kappa shape index (κ3) is 4.10. The minimum Gasteiger partial charge on any atom is -0.504 e. The first-order valence-corrected chi connectivity index (χ1v) is 10.9. The minimum atomic E-state index is -3.87. The third-order valence-electron chi connectivity index (χ3n) is 4.96. The molecule has 0 fully saturated rings. The summed E-state index contributed by atoms with van der Waals surface area (Å²) in [5, 5.41) is 26.6. The van der Waals surface area contributed by atoms with E-state index < -0.39 is 21.4 Å². The molecule has 0 atom stereocenters. The lowest BCUT2D eigenvalue weighted by Crippen LogP contribution is -2.13. The third-order valence-corrected chi connectivity index (χ3v) is 6.30. The molecule has 2 aromatic heterocycles. The summed E-state index contributed by atoms with van der Waals surface area (Å²) in [6, 6.07) is 9.73. The van der Waals surface area contributed by atoms with Gasteiger partial charge in [0.15, 0.2) is 11.5 Å². The molecule has 0 aliphatic carbocycles. The van der Waals surface area contributed by atoms with Gasteiger partial charge in [0.25, 0.3) is 10.0 Å². The highest BCUT2D eigenvalue weighted by atomic mass is 32.2. The largest absolute Gasteiger partial charge is 0.504 e. The van der Waals surface area contributed by atoms with Gasteiger partial charge in [-0.3, -0.25) is 0 Å². The Morgan fingerprint density at radius 3 is 2.38 bits per heavy atom. The van der Waals surface area contributed by atoms with Crippen molar-refractivity contribution in [1.29, 1.82) is 0 Å². The maximum atomic E-state index is 12.6. The molecule has 4 N–H and O–H groups in total. The molecule has 2 aromatic carbocycles. The van der Waals surface area contributed by atoms with Crippen molar-refractivity contribution in [2.75, 3.05) is 10.0 Å². The lowest BCUT2D eigenvalue weighted by molar-refractivity contribution is 0.403. The second-order valence-corrected chi connectivity index (χ2v) is 8.82. The van der Waals surface area contributed by atoms with E-state index in [1.165, 1.54) is 30.3 Å². The lowest BCUT2D eigenvalue weighted by atomic mass is 10.1. The number of fused-ring (bicyclic) bond motifs is 1. The number of aryl methyl sites for hydroxylation is 1. The molecule has 0 amide bonds. The van der Waals surface area contributed by atoms with E-state index in [1.807, 2.05) is 0 Å². The zero-order valence-corrected chi connectivity index (χ0v) is 17.9. The number of aromatic nitrogens is 1. The first-order chi connectivity index (χ1) is 15.1. The van der Waals surface area contributed by atoms with Crippen LogP contribution in [0.5, 0.6) is 11.5 Å². The van der Waals surface area contributed by atoms with Crippen LogP contribution >= 0.6 is 0 Å². The standard InChI is InChI=1S/C21H19N3O7S/c1-11-12(2)23-31-21(11)24-32(28,29)15-5-3-14(4-6-15)22-10-13-7-20(27)30-19-9-18(26)17(25)8-16(13)19/h3-9,22,24-26H,10H2,1-2H3. The summed E-state index contributed by atoms with van der Waals surface area (Å²) < 4.78 is 37.6. The quantitative estimate of drug-likeness (QED) is 0.252. The molecule has 4 rings (SSSR count). The first-order valence-electron chi connectivity index (χ1n) is 9.42. The van der Waals surface area contributed by atoms with Crippen molar-refractivity contribution in [2.45, 2.75) is 25.3 Å². The molecule has 0 saturated heterocycles. The van der Waals surface area contributed by atoms with Crippen molar-refractivity contribution in [3.8, 4) is 11.5 Å². The van der Waals surface area contributed by atoms with Crippen molar-refractivity contribution < 1.29 is 27.6 Å². The Morgan fingerprint density at radius 1 is 1.03 bits per heavy atom. The van der Waals surface area contributed by atoms with Crippen LogP contribution < -0.4 is 15.7 Å². The second-order valence-electron chi connectivity index (χ2n) is 7.13. The summed E-state index contributed by atoms with van der Waals surface area (Å²) in [4.78, 5) is 11.8. The van der Waals surface area contributed by atoms with E-state index >= 15 is 0 Å². The highest BCUT2D eigenvalue weighted by Gasteiger charge is 2.19. The van der Waals surface area contributed by atoms with Crippen LogP contribution in [-0.2, 0) is 16.6 Å². The van der Waals surface area contributed by atoms with Crippen LogP contribution in [0, 0.1) is 13.8 Å². The van der Waals surface area contributed by atoms with Gasteiger partial charge in [0.05, 0.1) is 10.6 Å². The molecule has 0 aliphatic rings. The number of anilines is 2. The molecule has 10 nitrogen and oxygen atoms in total. The molecule has 0 spiro atoms. The summed E-state index contributed by atoms with van der Waals surface area (Å²) >= 11 is 0. The van der Waals surface area contributed by atoms with E-state index in [1.54, 1.807) is 26.0 Å². The van der Waals surface area contributed by atoms with Crippen LogP contribution in [0.2, 0.25) is 0 Å². The number of sulfonamides is 1. The molecule has 166 valence electrons. The van der Waals surface area contributed by atoms with Crippen molar-refractivity contribution in [1.82, 2.24) is 5.16 Å². The Balaban J connectivity index is 1.53. The molecule has 0 aliphatic heterocycles. The fraction of sp³-hybridized carbons (Fsp3) is 0.143. The Kier molecular flexibility index (Phi) is 5.26. The Bertz CT molecular complexity index is 1470. The van der Waals surface area contributed by atoms with Gasteiger partial charge in [0, 0.05) is 35.3 Å². The summed E-state index contributed by atoms with van der Waals surface area (Å²) in [5.41, 5.74) is 1.85. The van der Waals surface area contributed by atoms with Crippen LogP contribution in [0.25, 0.3) is 11.0 Å². The lowest BCUT2D eigenvalue weighted by Gasteiger charge is -2.11. The SMILES string of the molecule is Cc1noc(NS(=O)(=O)c2ccc(NCc3cc(=O)oc4cc(O)c(O)cc34)cc2)c1C. The number of rotatable bonds is 6. The summed E-state index contributed by atoms with van der Waals surface area (Å²) in [7, 11) is -3.87. The number of hydrogen-bond donors (Lipinski definition) is 4. The van der Waals surface area contributed by atoms with Crippen molar-refractivity contribution in [3.05, 3.63) is 69.7 Å². The molecule has 0 radical (unpaired) electrons. The summed E-state index contributed by atoms with van der Waals surface area (Å²) in [6.45, 7) is 3.60. The minimum absolute atomic E-state index is 0.0303. The summed E-state index contributed by atoms with van der Waals surface area (Å²) in [5.74, 6) is -0.674. The Labute approximate surface area is 182 Å². The van der Waals surface area contributed by atoms with E-state index in [-0.39, 0.29) is 28.7 Å².